The molecule has 2 aromatic carbocycles. The van der Waals surface area contributed by atoms with Crippen molar-refractivity contribution in [1.29, 1.82) is 0 Å². The number of nitrogens with one attached hydrogen (secondary N) is 2. The summed E-state index contributed by atoms with van der Waals surface area (Å²) in [7, 11) is 0. The molecule has 2 N–H and O–H groups in total. The van der Waals surface area contributed by atoms with Gasteiger partial charge in [0.15, 0.2) is 5.16 Å². The number of aromatic nitrogens is 2. The average molecular weight is 436 g/mol. The van der Waals surface area contributed by atoms with Crippen LogP contribution < -0.4 is 10.9 Å². The molecule has 152 valence electrons. The molecule has 0 fully saturated rings. The minimum Gasteiger partial charge on any atom is -0.325 e. The minimum atomic E-state index is -0.178. The number of nitrogens with zero attached hydrogens (tertiary/aromatic N) is 1. The highest BCUT2D eigenvalue weighted by molar-refractivity contribution is 7.99. The molecule has 0 saturated heterocycles. The van der Waals surface area contributed by atoms with E-state index in [1.165, 1.54) is 23.1 Å². The Morgan fingerprint density at radius 3 is 2.63 bits per heavy atom. The number of hydrogen-bond donors (Lipinski definition) is 2. The van der Waals surface area contributed by atoms with E-state index < -0.39 is 0 Å². The molecule has 2 heterocycles. The fourth-order valence-electron chi connectivity index (χ4n) is 3.39. The zero-order valence-electron chi connectivity index (χ0n) is 16.7. The van der Waals surface area contributed by atoms with Crippen molar-refractivity contribution in [3.63, 3.8) is 0 Å². The van der Waals surface area contributed by atoms with E-state index in [1.807, 2.05) is 61.5 Å². The summed E-state index contributed by atoms with van der Waals surface area (Å²) < 4.78 is 0. The van der Waals surface area contributed by atoms with Gasteiger partial charge >= 0.3 is 0 Å². The Bertz CT molecular complexity index is 1260. The molecule has 0 aliphatic carbocycles. The van der Waals surface area contributed by atoms with Crippen LogP contribution in [0, 0.1) is 6.92 Å². The second-order valence-electron chi connectivity index (χ2n) is 6.80. The molecule has 30 heavy (non-hydrogen) atoms. The lowest BCUT2D eigenvalue weighted by Crippen LogP contribution is -2.16. The van der Waals surface area contributed by atoms with Gasteiger partial charge in [-0.3, -0.25) is 9.59 Å². The van der Waals surface area contributed by atoms with Crippen LogP contribution in [-0.4, -0.2) is 21.6 Å². The smallest absolute Gasteiger partial charge is 0.260 e. The molecule has 4 rings (SSSR count). The third-order valence-corrected chi connectivity index (χ3v) is 6.66. The third kappa shape index (κ3) is 4.17. The Kier molecular flexibility index (Phi) is 6.01. The van der Waals surface area contributed by atoms with Gasteiger partial charge in [-0.15, -0.1) is 11.3 Å². The molecule has 2 aromatic heterocycles. The molecule has 0 aliphatic rings. The van der Waals surface area contributed by atoms with Crippen LogP contribution >= 0.6 is 23.1 Å². The van der Waals surface area contributed by atoms with Gasteiger partial charge in [-0.25, -0.2) is 4.98 Å². The number of carbonyl (C=O) groups excluding carboxylic acids is 1. The first kappa shape index (κ1) is 20.4. The second-order valence-corrected chi connectivity index (χ2v) is 8.97. The number of aromatic amines is 1. The number of aryl methyl sites for hydroxylation is 2. The van der Waals surface area contributed by atoms with Crippen LogP contribution in [0.1, 0.15) is 17.4 Å². The molecule has 0 saturated carbocycles. The van der Waals surface area contributed by atoms with E-state index in [-0.39, 0.29) is 17.2 Å². The summed E-state index contributed by atoms with van der Waals surface area (Å²) >= 11 is 2.73. The van der Waals surface area contributed by atoms with Gasteiger partial charge in [-0.05, 0) is 30.5 Å². The lowest BCUT2D eigenvalue weighted by atomic mass is 10.0. The minimum absolute atomic E-state index is 0.129. The van der Waals surface area contributed by atoms with Crippen LogP contribution in [0.4, 0.5) is 5.69 Å². The molecular formula is C23H21N3O2S2. The summed E-state index contributed by atoms with van der Waals surface area (Å²) in [5.74, 6) is 0.0403. The average Bonchev–Trinajstić information content (AvgIpc) is 3.09. The number of amides is 1. The summed E-state index contributed by atoms with van der Waals surface area (Å²) in [5, 5.41) is 4.00. The van der Waals surface area contributed by atoms with Crippen molar-refractivity contribution < 1.29 is 4.79 Å². The topological polar surface area (TPSA) is 74.8 Å². The number of thioether (sulfide) groups is 1. The predicted molar refractivity (Wildman–Crippen MR) is 126 cm³/mol. The zero-order valence-corrected chi connectivity index (χ0v) is 18.3. The van der Waals surface area contributed by atoms with E-state index in [0.29, 0.717) is 15.4 Å². The fraction of sp³-hybridized carbons (Fsp3) is 0.174. The molecule has 0 aliphatic heterocycles. The summed E-state index contributed by atoms with van der Waals surface area (Å²) in [4.78, 5) is 34.4. The molecule has 0 atom stereocenters. The van der Waals surface area contributed by atoms with E-state index in [1.54, 1.807) is 0 Å². The van der Waals surface area contributed by atoms with E-state index in [2.05, 4.69) is 22.2 Å². The highest BCUT2D eigenvalue weighted by Gasteiger charge is 2.17. The first-order chi connectivity index (χ1) is 14.6. The van der Waals surface area contributed by atoms with E-state index in [0.717, 1.165) is 33.7 Å². The Balaban J connectivity index is 1.55. The lowest BCUT2D eigenvalue weighted by molar-refractivity contribution is -0.113. The van der Waals surface area contributed by atoms with E-state index in [9.17, 15) is 9.59 Å². The maximum atomic E-state index is 12.8. The summed E-state index contributed by atoms with van der Waals surface area (Å²) in [6, 6.07) is 17.6. The number of thiophene rings is 1. The molecule has 0 bridgehead atoms. The lowest BCUT2D eigenvalue weighted by Gasteiger charge is -2.09. The van der Waals surface area contributed by atoms with Crippen molar-refractivity contribution in [2.45, 2.75) is 25.4 Å². The molecule has 0 unspecified atom stereocenters. The summed E-state index contributed by atoms with van der Waals surface area (Å²) in [6.07, 6.45) is 0.844. The van der Waals surface area contributed by atoms with Crippen molar-refractivity contribution in [2.75, 3.05) is 11.1 Å². The Morgan fingerprint density at radius 1 is 1.13 bits per heavy atom. The Morgan fingerprint density at radius 2 is 1.87 bits per heavy atom. The van der Waals surface area contributed by atoms with Crippen LogP contribution in [-0.2, 0) is 11.2 Å². The number of fused-ring (bicyclic) bond motifs is 1. The zero-order chi connectivity index (χ0) is 21.1. The first-order valence-electron chi connectivity index (χ1n) is 9.66. The van der Waals surface area contributed by atoms with Gasteiger partial charge in [0.25, 0.3) is 5.56 Å². The van der Waals surface area contributed by atoms with Crippen LogP contribution in [0.25, 0.3) is 21.3 Å². The quantitative estimate of drug-likeness (QED) is 0.320. The van der Waals surface area contributed by atoms with Gasteiger partial charge in [0, 0.05) is 16.1 Å². The van der Waals surface area contributed by atoms with Gasteiger partial charge in [-0.2, -0.15) is 0 Å². The number of para-hydroxylation sites is 1. The van der Waals surface area contributed by atoms with Crippen LogP contribution in [0.3, 0.4) is 0 Å². The van der Waals surface area contributed by atoms with Crippen molar-refractivity contribution >= 4 is 44.9 Å². The number of benzene rings is 2. The number of carbonyl (C=O) groups is 1. The largest absolute Gasteiger partial charge is 0.325 e. The van der Waals surface area contributed by atoms with Gasteiger partial charge in [0.05, 0.1) is 11.1 Å². The van der Waals surface area contributed by atoms with E-state index >= 15 is 0 Å². The first-order valence-corrected chi connectivity index (χ1v) is 11.5. The molecule has 1 amide bonds. The molecule has 7 heteroatoms. The highest BCUT2D eigenvalue weighted by atomic mass is 32.2. The molecule has 5 nitrogen and oxygen atoms in total. The number of rotatable bonds is 6. The molecule has 0 radical (unpaired) electrons. The second kappa shape index (κ2) is 8.85. The normalized spacial score (nSPS) is 11.0. The van der Waals surface area contributed by atoms with Crippen molar-refractivity contribution in [2.24, 2.45) is 0 Å². The van der Waals surface area contributed by atoms with Crippen molar-refractivity contribution in [1.82, 2.24) is 9.97 Å². The predicted octanol–water partition coefficient (Wildman–Crippen LogP) is 5.25. The molecule has 4 aromatic rings. The summed E-state index contributed by atoms with van der Waals surface area (Å²) in [6.45, 7) is 4.05. The van der Waals surface area contributed by atoms with Crippen LogP contribution in [0.2, 0.25) is 0 Å². The number of H-pyrrole nitrogens is 1. The Labute approximate surface area is 182 Å². The van der Waals surface area contributed by atoms with E-state index in [4.69, 9.17) is 0 Å². The van der Waals surface area contributed by atoms with Crippen LogP contribution in [0.5, 0.6) is 0 Å². The molecular weight excluding hydrogens is 414 g/mol. The maximum Gasteiger partial charge on any atom is 0.260 e. The van der Waals surface area contributed by atoms with Gasteiger partial charge < -0.3 is 10.3 Å². The standard InChI is InChI=1S/C23H21N3O2S2/c1-3-15-9-7-8-12-17(15)24-18(27)13-29-23-25-21(28)20-19(14(2)30-22(20)26-23)16-10-5-4-6-11-16/h4-12H,3,13H2,1-2H3,(H,24,27)(H,25,26,28). The van der Waals surface area contributed by atoms with Crippen molar-refractivity contribution in [3.05, 3.63) is 75.4 Å². The highest BCUT2D eigenvalue weighted by Crippen LogP contribution is 2.35. The summed E-state index contributed by atoms with van der Waals surface area (Å²) in [5.41, 5.74) is 3.66. The number of anilines is 1. The molecule has 0 spiro atoms. The van der Waals surface area contributed by atoms with Crippen molar-refractivity contribution in [3.8, 4) is 11.1 Å². The Hall–Kier alpha value is -2.90. The fourth-order valence-corrected chi connectivity index (χ4v) is 5.15. The van der Waals surface area contributed by atoms with Gasteiger partial charge in [-0.1, -0.05) is 67.2 Å². The SMILES string of the molecule is CCc1ccccc1NC(=O)CSc1nc2sc(C)c(-c3ccccc3)c2c(=O)[nH]1. The maximum absolute atomic E-state index is 12.8. The number of hydrogen-bond acceptors (Lipinski definition) is 5. The third-order valence-electron chi connectivity index (χ3n) is 4.79. The van der Waals surface area contributed by atoms with Gasteiger partial charge in [0.2, 0.25) is 5.91 Å². The van der Waals surface area contributed by atoms with Crippen LogP contribution in [0.15, 0.2) is 64.5 Å². The van der Waals surface area contributed by atoms with Gasteiger partial charge in [0.1, 0.15) is 4.83 Å². The monoisotopic (exact) mass is 435 g/mol.